The van der Waals surface area contributed by atoms with Crippen molar-refractivity contribution in [1.29, 1.82) is 0 Å². The summed E-state index contributed by atoms with van der Waals surface area (Å²) in [5, 5.41) is 14.7. The van der Waals surface area contributed by atoms with Gasteiger partial charge in [0.1, 0.15) is 0 Å². The molecule has 0 bridgehead atoms. The molecule has 0 radical (unpaired) electrons. The van der Waals surface area contributed by atoms with Crippen LogP contribution in [0.2, 0.25) is 0 Å². The summed E-state index contributed by atoms with van der Waals surface area (Å²) in [6.45, 7) is 2.05. The number of rotatable bonds is 5. The SMILES string of the molecule is CC1CC1C(=O)Nc1ccc(C(=O)N[C@@H]2CC[C@H](C(=O)O)C2)cc1. The molecule has 0 spiro atoms. The number of nitrogens with one attached hydrogen (secondary N) is 2. The van der Waals surface area contributed by atoms with Gasteiger partial charge in [-0.2, -0.15) is 0 Å². The average Bonchev–Trinajstić information content (AvgIpc) is 3.09. The Labute approximate surface area is 140 Å². The standard InChI is InChI=1S/C18H22N2O4/c1-10-8-15(10)17(22)19-13-5-2-11(3-6-13)16(21)20-14-7-4-12(9-14)18(23)24/h2-3,5-6,10,12,14-15H,4,7-9H2,1H3,(H,19,22)(H,20,21)(H,23,24)/t10?,12-,14+,15?/m0/s1. The molecule has 0 saturated heterocycles. The van der Waals surface area contributed by atoms with E-state index in [1.807, 2.05) is 0 Å². The number of carboxylic acid groups (broad SMARTS) is 1. The van der Waals surface area contributed by atoms with Crippen molar-refractivity contribution < 1.29 is 19.5 Å². The van der Waals surface area contributed by atoms with Crippen molar-refractivity contribution in [3.63, 3.8) is 0 Å². The van der Waals surface area contributed by atoms with Gasteiger partial charge in [-0.1, -0.05) is 6.92 Å². The van der Waals surface area contributed by atoms with E-state index < -0.39 is 5.97 Å². The molecular weight excluding hydrogens is 308 g/mol. The Morgan fingerprint density at radius 3 is 2.29 bits per heavy atom. The van der Waals surface area contributed by atoms with Crippen molar-refractivity contribution in [3.05, 3.63) is 29.8 Å². The summed E-state index contributed by atoms with van der Waals surface area (Å²) in [6.07, 6.45) is 2.71. The number of hydrogen-bond donors (Lipinski definition) is 3. The number of aliphatic carboxylic acids is 1. The number of amides is 2. The maximum atomic E-state index is 12.2. The Bertz CT molecular complexity index is 655. The minimum absolute atomic E-state index is 0.0327. The zero-order valence-corrected chi connectivity index (χ0v) is 13.6. The third kappa shape index (κ3) is 3.75. The fourth-order valence-corrected chi connectivity index (χ4v) is 3.23. The summed E-state index contributed by atoms with van der Waals surface area (Å²) in [5.74, 6) is -0.770. The molecule has 2 amide bonds. The molecule has 2 aliphatic rings. The van der Waals surface area contributed by atoms with Crippen LogP contribution in [0.5, 0.6) is 0 Å². The Morgan fingerprint density at radius 2 is 1.75 bits per heavy atom. The van der Waals surface area contributed by atoms with E-state index in [1.165, 1.54) is 0 Å². The van der Waals surface area contributed by atoms with Crippen molar-refractivity contribution in [2.24, 2.45) is 17.8 Å². The van der Waals surface area contributed by atoms with Crippen LogP contribution in [0, 0.1) is 17.8 Å². The molecule has 2 aliphatic carbocycles. The summed E-state index contributed by atoms with van der Waals surface area (Å²) in [7, 11) is 0. The quantitative estimate of drug-likeness (QED) is 0.771. The third-order valence-corrected chi connectivity index (χ3v) is 4.98. The number of hydrogen-bond acceptors (Lipinski definition) is 3. The highest BCUT2D eigenvalue weighted by atomic mass is 16.4. The number of carbonyl (C=O) groups excluding carboxylic acids is 2. The smallest absolute Gasteiger partial charge is 0.306 e. The molecule has 128 valence electrons. The molecule has 0 heterocycles. The summed E-state index contributed by atoms with van der Waals surface area (Å²) in [6, 6.07) is 6.69. The third-order valence-electron chi connectivity index (χ3n) is 4.98. The Morgan fingerprint density at radius 1 is 1.08 bits per heavy atom. The first-order valence-corrected chi connectivity index (χ1v) is 8.38. The highest BCUT2D eigenvalue weighted by Gasteiger charge is 2.39. The highest BCUT2D eigenvalue weighted by Crippen LogP contribution is 2.38. The number of anilines is 1. The van der Waals surface area contributed by atoms with Gasteiger partial charge in [0.15, 0.2) is 0 Å². The summed E-state index contributed by atoms with van der Waals surface area (Å²) < 4.78 is 0. The van der Waals surface area contributed by atoms with E-state index in [0.717, 1.165) is 6.42 Å². The lowest BCUT2D eigenvalue weighted by atomic mass is 10.1. The first-order chi connectivity index (χ1) is 11.4. The van der Waals surface area contributed by atoms with Gasteiger partial charge < -0.3 is 15.7 Å². The second-order valence-corrected chi connectivity index (χ2v) is 6.90. The lowest BCUT2D eigenvalue weighted by Gasteiger charge is -2.13. The van der Waals surface area contributed by atoms with Crippen LogP contribution < -0.4 is 10.6 Å². The van der Waals surface area contributed by atoms with Gasteiger partial charge in [0.25, 0.3) is 5.91 Å². The zero-order chi connectivity index (χ0) is 17.3. The molecule has 6 nitrogen and oxygen atoms in total. The van der Waals surface area contributed by atoms with Gasteiger partial charge in [-0.15, -0.1) is 0 Å². The van der Waals surface area contributed by atoms with Crippen molar-refractivity contribution >= 4 is 23.5 Å². The predicted molar refractivity (Wildman–Crippen MR) is 88.6 cm³/mol. The van der Waals surface area contributed by atoms with E-state index in [9.17, 15) is 14.4 Å². The number of benzene rings is 1. The molecule has 24 heavy (non-hydrogen) atoms. The molecule has 2 unspecified atom stereocenters. The topological polar surface area (TPSA) is 95.5 Å². The molecule has 6 heteroatoms. The van der Waals surface area contributed by atoms with Gasteiger partial charge in [-0.3, -0.25) is 14.4 Å². The predicted octanol–water partition coefficient (Wildman–Crippen LogP) is 2.26. The van der Waals surface area contributed by atoms with E-state index in [-0.39, 0.29) is 29.7 Å². The van der Waals surface area contributed by atoms with Crippen LogP contribution >= 0.6 is 0 Å². The zero-order valence-electron chi connectivity index (χ0n) is 13.6. The average molecular weight is 330 g/mol. The van der Waals surface area contributed by atoms with Crippen LogP contribution in [-0.4, -0.2) is 28.9 Å². The molecule has 0 aromatic heterocycles. The van der Waals surface area contributed by atoms with E-state index in [2.05, 4.69) is 17.6 Å². The van der Waals surface area contributed by atoms with Crippen LogP contribution in [-0.2, 0) is 9.59 Å². The van der Waals surface area contributed by atoms with Gasteiger partial charge in [0.05, 0.1) is 5.92 Å². The molecule has 1 aromatic rings. The van der Waals surface area contributed by atoms with E-state index >= 15 is 0 Å². The second kappa shape index (κ2) is 6.63. The minimum atomic E-state index is -0.795. The maximum absolute atomic E-state index is 12.2. The van der Waals surface area contributed by atoms with Gasteiger partial charge in [0, 0.05) is 23.2 Å². The molecule has 0 aliphatic heterocycles. The fraction of sp³-hybridized carbons (Fsp3) is 0.500. The van der Waals surface area contributed by atoms with Crippen LogP contribution in [0.1, 0.15) is 43.0 Å². The van der Waals surface area contributed by atoms with E-state index in [4.69, 9.17) is 5.11 Å². The van der Waals surface area contributed by atoms with Crippen LogP contribution in [0.4, 0.5) is 5.69 Å². The summed E-state index contributed by atoms with van der Waals surface area (Å²) in [4.78, 5) is 35.1. The molecule has 4 atom stereocenters. The molecular formula is C18H22N2O4. The largest absolute Gasteiger partial charge is 0.481 e. The second-order valence-electron chi connectivity index (χ2n) is 6.90. The van der Waals surface area contributed by atoms with Gasteiger partial charge >= 0.3 is 5.97 Å². The minimum Gasteiger partial charge on any atom is -0.481 e. The molecule has 2 saturated carbocycles. The van der Waals surface area contributed by atoms with Crippen molar-refractivity contribution in [2.75, 3.05) is 5.32 Å². The Kier molecular flexibility index (Phi) is 4.55. The maximum Gasteiger partial charge on any atom is 0.306 e. The van der Waals surface area contributed by atoms with Crippen LogP contribution in [0.15, 0.2) is 24.3 Å². The molecule has 1 aromatic carbocycles. The number of carbonyl (C=O) groups is 3. The van der Waals surface area contributed by atoms with Gasteiger partial charge in [0.2, 0.25) is 5.91 Å². The molecule has 3 rings (SSSR count). The van der Waals surface area contributed by atoms with E-state index in [1.54, 1.807) is 24.3 Å². The van der Waals surface area contributed by atoms with Crippen LogP contribution in [0.25, 0.3) is 0 Å². The highest BCUT2D eigenvalue weighted by molar-refractivity contribution is 5.97. The number of carboxylic acids is 1. The normalized spacial score (nSPS) is 28.2. The molecule has 2 fully saturated rings. The Hall–Kier alpha value is -2.37. The first-order valence-electron chi connectivity index (χ1n) is 8.38. The van der Waals surface area contributed by atoms with Crippen molar-refractivity contribution in [1.82, 2.24) is 5.32 Å². The van der Waals surface area contributed by atoms with Crippen LogP contribution in [0.3, 0.4) is 0 Å². The molecule has 3 N–H and O–H groups in total. The fourth-order valence-electron chi connectivity index (χ4n) is 3.23. The first kappa shape index (κ1) is 16.5. The van der Waals surface area contributed by atoms with Crippen molar-refractivity contribution in [3.8, 4) is 0 Å². The van der Waals surface area contributed by atoms with E-state index in [0.29, 0.717) is 36.4 Å². The summed E-state index contributed by atoms with van der Waals surface area (Å²) >= 11 is 0. The Balaban J connectivity index is 1.52. The van der Waals surface area contributed by atoms with Gasteiger partial charge in [-0.25, -0.2) is 0 Å². The van der Waals surface area contributed by atoms with Crippen molar-refractivity contribution in [2.45, 2.75) is 38.6 Å². The lowest BCUT2D eigenvalue weighted by Crippen LogP contribution is -2.33. The summed E-state index contributed by atoms with van der Waals surface area (Å²) in [5.41, 5.74) is 1.19. The van der Waals surface area contributed by atoms with Gasteiger partial charge in [-0.05, 0) is 55.9 Å². The lowest BCUT2D eigenvalue weighted by molar-refractivity contribution is -0.141. The monoisotopic (exact) mass is 330 g/mol.